The first-order valence-corrected chi connectivity index (χ1v) is 11.4. The van der Waals surface area contributed by atoms with Crippen molar-refractivity contribution in [1.82, 2.24) is 0 Å². The Morgan fingerprint density at radius 2 is 1.12 bits per heavy atom. The molecule has 1 unspecified atom stereocenters. The van der Waals surface area contributed by atoms with Gasteiger partial charge in [0.15, 0.2) is 0 Å². The number of benzene rings is 5. The van der Waals surface area contributed by atoms with Gasteiger partial charge in [0, 0.05) is 5.92 Å². The van der Waals surface area contributed by atoms with Crippen LogP contribution in [0.3, 0.4) is 0 Å². The maximum absolute atomic E-state index is 5.63. The number of fused-ring (bicyclic) bond motifs is 3. The van der Waals surface area contributed by atoms with Gasteiger partial charge in [-0.15, -0.1) is 0 Å². The lowest BCUT2D eigenvalue weighted by Gasteiger charge is -2.20. The summed E-state index contributed by atoms with van der Waals surface area (Å²) in [5, 5.41) is 0. The van der Waals surface area contributed by atoms with E-state index < -0.39 is 0 Å². The molecule has 1 atom stereocenters. The minimum atomic E-state index is 0.159. The fourth-order valence-corrected chi connectivity index (χ4v) is 5.14. The van der Waals surface area contributed by atoms with Crippen molar-refractivity contribution in [2.45, 2.75) is 5.92 Å². The van der Waals surface area contributed by atoms with Crippen molar-refractivity contribution in [2.75, 3.05) is 7.11 Å². The number of methoxy groups -OCH3 is 1. The van der Waals surface area contributed by atoms with Crippen LogP contribution in [-0.2, 0) is 0 Å². The molecule has 0 aliphatic heterocycles. The van der Waals surface area contributed by atoms with E-state index in [-0.39, 0.29) is 5.92 Å². The molecule has 1 heteroatoms. The van der Waals surface area contributed by atoms with E-state index in [1.807, 2.05) is 0 Å². The molecular formula is C32H24O. The lowest BCUT2D eigenvalue weighted by atomic mass is 9.83. The van der Waals surface area contributed by atoms with Crippen molar-refractivity contribution in [3.8, 4) is 39.1 Å². The predicted octanol–water partition coefficient (Wildman–Crippen LogP) is 8.19. The van der Waals surface area contributed by atoms with Gasteiger partial charge in [0.05, 0.1) is 7.11 Å². The molecule has 0 saturated heterocycles. The lowest BCUT2D eigenvalue weighted by molar-refractivity contribution is 0.414. The Labute approximate surface area is 194 Å². The van der Waals surface area contributed by atoms with Crippen molar-refractivity contribution in [2.24, 2.45) is 0 Å². The lowest BCUT2D eigenvalue weighted by Crippen LogP contribution is -2.02. The van der Waals surface area contributed by atoms with Gasteiger partial charge in [0.25, 0.3) is 0 Å². The molecule has 5 aromatic rings. The summed E-state index contributed by atoms with van der Waals surface area (Å²) in [4.78, 5) is 0. The second kappa shape index (κ2) is 8.11. The van der Waals surface area contributed by atoms with Crippen molar-refractivity contribution in [1.29, 1.82) is 0 Å². The van der Waals surface area contributed by atoms with Gasteiger partial charge in [-0.1, -0.05) is 97.1 Å². The first kappa shape index (κ1) is 19.6. The van der Waals surface area contributed by atoms with Gasteiger partial charge >= 0.3 is 0 Å². The SMILES string of the molecule is COc1ccc2c(c1)C(c1ccccc1)c1c(-c3ccccc3)cc(-c3ccccc3)cc1-2. The normalized spacial score (nSPS) is 13.9. The molecule has 1 aliphatic carbocycles. The fraction of sp³-hybridized carbons (Fsp3) is 0.0625. The summed E-state index contributed by atoms with van der Waals surface area (Å²) in [6.07, 6.45) is 0. The summed E-state index contributed by atoms with van der Waals surface area (Å²) >= 11 is 0. The van der Waals surface area contributed by atoms with E-state index in [1.54, 1.807) is 7.11 Å². The van der Waals surface area contributed by atoms with Crippen LogP contribution < -0.4 is 4.74 Å². The average molecular weight is 425 g/mol. The molecule has 0 radical (unpaired) electrons. The smallest absolute Gasteiger partial charge is 0.119 e. The molecule has 0 heterocycles. The van der Waals surface area contributed by atoms with Crippen LogP contribution in [0.15, 0.2) is 121 Å². The van der Waals surface area contributed by atoms with Gasteiger partial charge in [-0.3, -0.25) is 0 Å². The Balaban J connectivity index is 1.69. The van der Waals surface area contributed by atoms with Crippen molar-refractivity contribution in [3.05, 3.63) is 138 Å². The van der Waals surface area contributed by atoms with Crippen LogP contribution in [0.2, 0.25) is 0 Å². The summed E-state index contributed by atoms with van der Waals surface area (Å²) in [6, 6.07) is 43.5. The zero-order valence-electron chi connectivity index (χ0n) is 18.5. The zero-order valence-corrected chi connectivity index (χ0v) is 18.5. The number of ether oxygens (including phenoxy) is 1. The third-order valence-corrected chi connectivity index (χ3v) is 6.65. The van der Waals surface area contributed by atoms with Crippen LogP contribution in [0.25, 0.3) is 33.4 Å². The molecule has 1 nitrogen and oxygen atoms in total. The highest BCUT2D eigenvalue weighted by atomic mass is 16.5. The highest BCUT2D eigenvalue weighted by molar-refractivity contribution is 5.92. The molecule has 33 heavy (non-hydrogen) atoms. The Morgan fingerprint density at radius 3 is 1.79 bits per heavy atom. The van der Waals surface area contributed by atoms with Crippen molar-refractivity contribution >= 4 is 0 Å². The molecule has 0 N–H and O–H groups in total. The molecule has 0 spiro atoms. The van der Waals surface area contributed by atoms with E-state index in [1.165, 1.54) is 50.1 Å². The standard InChI is InChI=1S/C32H24O/c1-33-26-17-18-27-29-20-25(22-11-5-2-6-12-22)19-28(23-13-7-3-8-14-23)32(29)31(30(27)21-26)24-15-9-4-10-16-24/h2-21,31H,1H3. The molecule has 1 aliphatic rings. The van der Waals surface area contributed by atoms with E-state index in [9.17, 15) is 0 Å². The number of hydrogen-bond acceptors (Lipinski definition) is 1. The average Bonchev–Trinajstić information content (AvgIpc) is 3.23. The third-order valence-electron chi connectivity index (χ3n) is 6.65. The van der Waals surface area contributed by atoms with Crippen LogP contribution >= 0.6 is 0 Å². The zero-order chi connectivity index (χ0) is 22.2. The molecule has 0 amide bonds. The fourth-order valence-electron chi connectivity index (χ4n) is 5.14. The molecule has 0 aromatic heterocycles. The van der Waals surface area contributed by atoms with Gasteiger partial charge in [-0.05, 0) is 74.3 Å². The largest absolute Gasteiger partial charge is 0.497 e. The molecule has 6 rings (SSSR count). The van der Waals surface area contributed by atoms with E-state index in [2.05, 4.69) is 121 Å². The van der Waals surface area contributed by atoms with Crippen molar-refractivity contribution < 1.29 is 4.74 Å². The van der Waals surface area contributed by atoms with E-state index >= 15 is 0 Å². The van der Waals surface area contributed by atoms with Gasteiger partial charge < -0.3 is 4.74 Å². The highest BCUT2D eigenvalue weighted by Crippen LogP contribution is 2.53. The minimum absolute atomic E-state index is 0.159. The number of hydrogen-bond donors (Lipinski definition) is 0. The highest BCUT2D eigenvalue weighted by Gasteiger charge is 2.33. The molecule has 158 valence electrons. The van der Waals surface area contributed by atoms with E-state index in [0.717, 1.165) is 5.75 Å². The van der Waals surface area contributed by atoms with Crippen LogP contribution in [0.1, 0.15) is 22.6 Å². The van der Waals surface area contributed by atoms with E-state index in [0.29, 0.717) is 0 Å². The Kier molecular flexibility index (Phi) is 4.81. The summed E-state index contributed by atoms with van der Waals surface area (Å²) in [5.74, 6) is 1.05. The molecule has 0 saturated carbocycles. The number of rotatable bonds is 4. The predicted molar refractivity (Wildman–Crippen MR) is 137 cm³/mol. The van der Waals surface area contributed by atoms with Gasteiger partial charge in [-0.25, -0.2) is 0 Å². The Morgan fingerprint density at radius 1 is 0.515 bits per heavy atom. The second-order valence-electron chi connectivity index (χ2n) is 8.51. The summed E-state index contributed by atoms with van der Waals surface area (Å²) in [7, 11) is 1.74. The summed E-state index contributed by atoms with van der Waals surface area (Å²) in [6.45, 7) is 0. The molecular weight excluding hydrogens is 400 g/mol. The van der Waals surface area contributed by atoms with Gasteiger partial charge in [0.1, 0.15) is 5.75 Å². The topological polar surface area (TPSA) is 9.23 Å². The molecule has 0 bridgehead atoms. The molecule has 0 fully saturated rings. The van der Waals surface area contributed by atoms with Crippen molar-refractivity contribution in [3.63, 3.8) is 0 Å². The second-order valence-corrected chi connectivity index (χ2v) is 8.51. The Bertz CT molecular complexity index is 1420. The monoisotopic (exact) mass is 424 g/mol. The van der Waals surface area contributed by atoms with E-state index in [4.69, 9.17) is 4.74 Å². The molecule has 5 aromatic carbocycles. The summed E-state index contributed by atoms with van der Waals surface area (Å²) < 4.78 is 5.63. The van der Waals surface area contributed by atoms with Crippen LogP contribution in [-0.4, -0.2) is 7.11 Å². The first-order chi connectivity index (χ1) is 16.3. The third kappa shape index (κ3) is 3.34. The Hall–Kier alpha value is -4.10. The maximum Gasteiger partial charge on any atom is 0.119 e. The first-order valence-electron chi connectivity index (χ1n) is 11.4. The minimum Gasteiger partial charge on any atom is -0.497 e. The van der Waals surface area contributed by atoms with Gasteiger partial charge in [-0.2, -0.15) is 0 Å². The summed E-state index contributed by atoms with van der Waals surface area (Å²) in [5.41, 5.74) is 11.6. The van der Waals surface area contributed by atoms with Crippen LogP contribution in [0, 0.1) is 0 Å². The maximum atomic E-state index is 5.63. The van der Waals surface area contributed by atoms with Gasteiger partial charge in [0.2, 0.25) is 0 Å². The van der Waals surface area contributed by atoms with Crippen LogP contribution in [0.4, 0.5) is 0 Å². The quantitative estimate of drug-likeness (QED) is 0.277. The van der Waals surface area contributed by atoms with Crippen LogP contribution in [0.5, 0.6) is 5.75 Å².